The van der Waals surface area contributed by atoms with E-state index in [1.54, 1.807) is 23.1 Å². The molecule has 6 nitrogen and oxygen atoms in total. The van der Waals surface area contributed by atoms with Crippen LogP contribution in [0.4, 0.5) is 4.79 Å². The molecule has 1 fully saturated rings. The van der Waals surface area contributed by atoms with Gasteiger partial charge in [0.25, 0.3) is 0 Å². The fraction of sp³-hybridized carbons (Fsp3) is 0.467. The summed E-state index contributed by atoms with van der Waals surface area (Å²) >= 11 is 0. The van der Waals surface area contributed by atoms with Crippen molar-refractivity contribution in [1.82, 2.24) is 10.2 Å². The minimum absolute atomic E-state index is 0.0842. The number of hydrogen-bond donors (Lipinski definition) is 1. The van der Waals surface area contributed by atoms with Gasteiger partial charge in [-0.1, -0.05) is 19.9 Å². The standard InChI is InChI=1S/C13H16N2O4.C2H6/c1-18-11-7-9(12(16)19-2)3-4-10(11)8-15-6-5-14-13(15)17;1-2/h3-4,7H,5-6,8H2,1-2H3,(H,14,17);1-2H3. The molecule has 1 heterocycles. The topological polar surface area (TPSA) is 67.9 Å². The van der Waals surface area contributed by atoms with E-state index in [0.717, 1.165) is 5.56 Å². The highest BCUT2D eigenvalue weighted by molar-refractivity contribution is 5.90. The Morgan fingerprint density at radius 3 is 2.57 bits per heavy atom. The zero-order chi connectivity index (χ0) is 15.8. The van der Waals surface area contributed by atoms with Crippen LogP contribution in [0.3, 0.4) is 0 Å². The van der Waals surface area contributed by atoms with Gasteiger partial charge in [0.1, 0.15) is 5.75 Å². The molecule has 1 aromatic carbocycles. The maximum atomic E-state index is 11.5. The van der Waals surface area contributed by atoms with Gasteiger partial charge in [-0.3, -0.25) is 0 Å². The number of rotatable bonds is 4. The van der Waals surface area contributed by atoms with Crippen molar-refractivity contribution in [3.8, 4) is 5.75 Å². The van der Waals surface area contributed by atoms with Crippen molar-refractivity contribution >= 4 is 12.0 Å². The Balaban J connectivity index is 0.00000106. The van der Waals surface area contributed by atoms with E-state index in [-0.39, 0.29) is 6.03 Å². The average molecular weight is 294 g/mol. The highest BCUT2D eigenvalue weighted by Gasteiger charge is 2.21. The molecule has 21 heavy (non-hydrogen) atoms. The van der Waals surface area contributed by atoms with E-state index in [4.69, 9.17) is 4.74 Å². The van der Waals surface area contributed by atoms with Crippen LogP contribution in [-0.2, 0) is 11.3 Å². The molecule has 2 amide bonds. The van der Waals surface area contributed by atoms with Crippen molar-refractivity contribution in [1.29, 1.82) is 0 Å². The lowest BCUT2D eigenvalue weighted by Crippen LogP contribution is -2.27. The summed E-state index contributed by atoms with van der Waals surface area (Å²) < 4.78 is 9.92. The predicted molar refractivity (Wildman–Crippen MR) is 79.5 cm³/mol. The molecule has 0 bridgehead atoms. The molecule has 0 radical (unpaired) electrons. The van der Waals surface area contributed by atoms with Gasteiger partial charge in [0.05, 0.1) is 26.3 Å². The second-order valence-electron chi connectivity index (χ2n) is 4.17. The molecule has 1 saturated heterocycles. The zero-order valence-corrected chi connectivity index (χ0v) is 12.9. The van der Waals surface area contributed by atoms with Gasteiger partial charge in [-0.05, 0) is 12.1 Å². The summed E-state index contributed by atoms with van der Waals surface area (Å²) in [6.45, 7) is 5.78. The number of esters is 1. The summed E-state index contributed by atoms with van der Waals surface area (Å²) in [4.78, 5) is 24.6. The largest absolute Gasteiger partial charge is 0.496 e. The van der Waals surface area contributed by atoms with Gasteiger partial charge in [0.2, 0.25) is 0 Å². The number of ether oxygens (including phenoxy) is 2. The molecule has 116 valence electrons. The molecule has 0 atom stereocenters. The first kappa shape index (κ1) is 16.8. The SMILES string of the molecule is CC.COC(=O)c1ccc(CN2CCNC2=O)c(OC)c1. The molecule has 1 N–H and O–H groups in total. The van der Waals surface area contributed by atoms with E-state index in [2.05, 4.69) is 10.1 Å². The number of carbonyl (C=O) groups is 2. The Morgan fingerprint density at radius 2 is 2.05 bits per heavy atom. The Labute approximate surface area is 125 Å². The highest BCUT2D eigenvalue weighted by atomic mass is 16.5. The number of amides is 2. The van der Waals surface area contributed by atoms with Gasteiger partial charge in [0, 0.05) is 18.7 Å². The molecule has 6 heteroatoms. The average Bonchev–Trinajstić information content (AvgIpc) is 2.94. The van der Waals surface area contributed by atoms with Crippen LogP contribution in [-0.4, -0.2) is 44.2 Å². The van der Waals surface area contributed by atoms with Crippen LogP contribution in [0.2, 0.25) is 0 Å². The fourth-order valence-corrected chi connectivity index (χ4v) is 1.99. The Hall–Kier alpha value is -2.24. The van der Waals surface area contributed by atoms with Crippen molar-refractivity contribution < 1.29 is 19.1 Å². The number of urea groups is 1. The van der Waals surface area contributed by atoms with E-state index >= 15 is 0 Å². The van der Waals surface area contributed by atoms with Gasteiger partial charge >= 0.3 is 12.0 Å². The molecule has 0 saturated carbocycles. The number of hydrogen-bond acceptors (Lipinski definition) is 4. The molecule has 0 aromatic heterocycles. The van der Waals surface area contributed by atoms with Crippen LogP contribution in [0.5, 0.6) is 5.75 Å². The molecule has 0 unspecified atom stereocenters. The molecule has 0 aliphatic carbocycles. The minimum Gasteiger partial charge on any atom is -0.496 e. The molecule has 2 rings (SSSR count). The summed E-state index contributed by atoms with van der Waals surface area (Å²) in [5, 5.41) is 2.74. The van der Waals surface area contributed by atoms with Crippen LogP contribution in [0, 0.1) is 0 Å². The molecular formula is C15H22N2O4. The number of methoxy groups -OCH3 is 2. The second-order valence-corrected chi connectivity index (χ2v) is 4.17. The Kier molecular flexibility index (Phi) is 6.52. The lowest BCUT2D eigenvalue weighted by molar-refractivity contribution is 0.0600. The lowest BCUT2D eigenvalue weighted by atomic mass is 10.1. The van der Waals surface area contributed by atoms with Gasteiger partial charge in [-0.2, -0.15) is 0 Å². The van der Waals surface area contributed by atoms with E-state index in [1.165, 1.54) is 14.2 Å². The van der Waals surface area contributed by atoms with E-state index in [1.807, 2.05) is 13.8 Å². The van der Waals surface area contributed by atoms with Crippen molar-refractivity contribution in [2.45, 2.75) is 20.4 Å². The van der Waals surface area contributed by atoms with Crippen molar-refractivity contribution in [3.63, 3.8) is 0 Å². The number of benzene rings is 1. The maximum absolute atomic E-state index is 11.5. The molecule has 1 aliphatic rings. The molecular weight excluding hydrogens is 272 g/mol. The van der Waals surface area contributed by atoms with Gasteiger partial charge in [-0.15, -0.1) is 0 Å². The fourth-order valence-electron chi connectivity index (χ4n) is 1.99. The van der Waals surface area contributed by atoms with Crippen molar-refractivity contribution in [3.05, 3.63) is 29.3 Å². The summed E-state index contributed by atoms with van der Waals surface area (Å²) in [5.41, 5.74) is 1.28. The third kappa shape index (κ3) is 4.11. The molecule has 1 aliphatic heterocycles. The Bertz CT molecular complexity index is 502. The van der Waals surface area contributed by atoms with Crippen LogP contribution in [0.1, 0.15) is 29.8 Å². The van der Waals surface area contributed by atoms with Gasteiger partial charge < -0.3 is 19.7 Å². The van der Waals surface area contributed by atoms with Gasteiger partial charge in [-0.25, -0.2) is 9.59 Å². The monoisotopic (exact) mass is 294 g/mol. The van der Waals surface area contributed by atoms with Crippen LogP contribution in [0.25, 0.3) is 0 Å². The highest BCUT2D eigenvalue weighted by Crippen LogP contribution is 2.22. The minimum atomic E-state index is -0.413. The molecule has 1 aromatic rings. The zero-order valence-electron chi connectivity index (χ0n) is 12.9. The number of nitrogens with one attached hydrogen (secondary N) is 1. The van der Waals surface area contributed by atoms with Crippen LogP contribution < -0.4 is 10.1 Å². The third-order valence-corrected chi connectivity index (χ3v) is 3.01. The third-order valence-electron chi connectivity index (χ3n) is 3.01. The van der Waals surface area contributed by atoms with Gasteiger partial charge in [0.15, 0.2) is 0 Å². The lowest BCUT2D eigenvalue weighted by Gasteiger charge is -2.16. The van der Waals surface area contributed by atoms with Crippen LogP contribution in [0.15, 0.2) is 18.2 Å². The summed E-state index contributed by atoms with van der Waals surface area (Å²) in [5.74, 6) is 0.159. The quantitative estimate of drug-likeness (QED) is 0.863. The normalized spacial score (nSPS) is 13.1. The summed E-state index contributed by atoms with van der Waals surface area (Å²) in [7, 11) is 2.86. The van der Waals surface area contributed by atoms with Crippen LogP contribution >= 0.6 is 0 Å². The Morgan fingerprint density at radius 1 is 1.33 bits per heavy atom. The van der Waals surface area contributed by atoms with E-state index < -0.39 is 5.97 Å². The smallest absolute Gasteiger partial charge is 0.337 e. The van der Waals surface area contributed by atoms with E-state index in [0.29, 0.717) is 30.9 Å². The van der Waals surface area contributed by atoms with Crippen molar-refractivity contribution in [2.24, 2.45) is 0 Å². The first-order valence-electron chi connectivity index (χ1n) is 6.93. The number of carbonyl (C=O) groups excluding carboxylic acids is 2. The predicted octanol–water partition coefficient (Wildman–Crippen LogP) is 2.03. The first-order chi connectivity index (χ1) is 10.2. The van der Waals surface area contributed by atoms with E-state index in [9.17, 15) is 9.59 Å². The molecule has 0 spiro atoms. The first-order valence-corrected chi connectivity index (χ1v) is 6.93. The summed E-state index contributed by atoms with van der Waals surface area (Å²) in [6.07, 6.45) is 0. The number of nitrogens with zero attached hydrogens (tertiary/aromatic N) is 1. The van der Waals surface area contributed by atoms with Crippen molar-refractivity contribution in [2.75, 3.05) is 27.3 Å². The summed E-state index contributed by atoms with van der Waals surface area (Å²) in [6, 6.07) is 4.97. The second kappa shape index (κ2) is 8.14. The maximum Gasteiger partial charge on any atom is 0.337 e.